The van der Waals surface area contributed by atoms with Crippen molar-refractivity contribution in [2.45, 2.75) is 40.2 Å². The van der Waals surface area contributed by atoms with Crippen LogP contribution >= 0.6 is 23.2 Å². The summed E-state index contributed by atoms with van der Waals surface area (Å²) >= 11 is 12.4. The summed E-state index contributed by atoms with van der Waals surface area (Å²) in [6.07, 6.45) is 0.746. The van der Waals surface area contributed by atoms with Crippen molar-refractivity contribution in [2.75, 3.05) is 0 Å². The predicted molar refractivity (Wildman–Crippen MR) is 79.2 cm³/mol. The molecular formula is C15H21Cl2N. The van der Waals surface area contributed by atoms with Gasteiger partial charge >= 0.3 is 0 Å². The van der Waals surface area contributed by atoms with E-state index in [9.17, 15) is 0 Å². The fourth-order valence-corrected chi connectivity index (χ4v) is 3.95. The van der Waals surface area contributed by atoms with Crippen molar-refractivity contribution < 1.29 is 0 Å². The van der Waals surface area contributed by atoms with Crippen LogP contribution in [0.2, 0.25) is 10.0 Å². The molecule has 1 aromatic rings. The Morgan fingerprint density at radius 3 is 1.94 bits per heavy atom. The number of hydrogen-bond acceptors (Lipinski definition) is 1. The molecule has 0 spiro atoms. The molecule has 1 atom stereocenters. The fraction of sp³-hybridized carbons (Fsp3) is 0.600. The van der Waals surface area contributed by atoms with Crippen LogP contribution in [0.3, 0.4) is 0 Å². The van der Waals surface area contributed by atoms with Gasteiger partial charge in [-0.25, -0.2) is 0 Å². The molecule has 0 bridgehead atoms. The molecule has 1 fully saturated rings. The van der Waals surface area contributed by atoms with Crippen molar-refractivity contribution in [1.82, 2.24) is 0 Å². The van der Waals surface area contributed by atoms with Crippen LogP contribution in [0.25, 0.3) is 0 Å². The molecular weight excluding hydrogens is 265 g/mol. The van der Waals surface area contributed by atoms with Crippen LogP contribution in [0.15, 0.2) is 18.2 Å². The van der Waals surface area contributed by atoms with E-state index in [1.54, 1.807) is 0 Å². The Bertz CT molecular complexity index is 431. The van der Waals surface area contributed by atoms with Gasteiger partial charge in [-0.1, -0.05) is 57.0 Å². The van der Waals surface area contributed by atoms with E-state index >= 15 is 0 Å². The SMILES string of the molecule is CC1(C)C(C(N)Cc2c(Cl)cccc2Cl)C1(C)C. The molecule has 0 amide bonds. The monoisotopic (exact) mass is 285 g/mol. The van der Waals surface area contributed by atoms with Crippen molar-refractivity contribution in [3.05, 3.63) is 33.8 Å². The number of rotatable bonds is 3. The highest BCUT2D eigenvalue weighted by molar-refractivity contribution is 6.36. The molecule has 0 aliphatic heterocycles. The van der Waals surface area contributed by atoms with Gasteiger partial charge in [0.2, 0.25) is 0 Å². The average molecular weight is 286 g/mol. The highest BCUT2D eigenvalue weighted by Crippen LogP contribution is 2.69. The van der Waals surface area contributed by atoms with Crippen LogP contribution < -0.4 is 5.73 Å². The van der Waals surface area contributed by atoms with Crippen LogP contribution in [0.1, 0.15) is 33.3 Å². The van der Waals surface area contributed by atoms with Gasteiger partial charge in [-0.2, -0.15) is 0 Å². The largest absolute Gasteiger partial charge is 0.327 e. The number of hydrogen-bond donors (Lipinski definition) is 1. The maximum atomic E-state index is 6.38. The standard InChI is InChI=1S/C15H21Cl2N/c1-14(2)13(15(14,3)4)12(18)8-9-10(16)6-5-7-11(9)17/h5-7,12-13H,8,18H2,1-4H3. The first kappa shape index (κ1) is 14.2. The highest BCUT2D eigenvalue weighted by Gasteiger charge is 2.66. The first-order valence-electron chi connectivity index (χ1n) is 6.38. The minimum Gasteiger partial charge on any atom is -0.327 e. The molecule has 2 N–H and O–H groups in total. The predicted octanol–water partition coefficient (Wildman–Crippen LogP) is 4.55. The van der Waals surface area contributed by atoms with Gasteiger partial charge in [-0.15, -0.1) is 0 Å². The van der Waals surface area contributed by atoms with E-state index in [1.807, 2.05) is 18.2 Å². The van der Waals surface area contributed by atoms with Gasteiger partial charge in [0.15, 0.2) is 0 Å². The lowest BCUT2D eigenvalue weighted by atomic mass is 9.97. The number of benzene rings is 1. The van der Waals surface area contributed by atoms with Crippen LogP contribution in [0, 0.1) is 16.7 Å². The average Bonchev–Trinajstić information content (AvgIpc) is 2.63. The second-order valence-corrected chi connectivity index (χ2v) is 7.30. The fourth-order valence-electron chi connectivity index (χ4n) is 3.40. The maximum Gasteiger partial charge on any atom is 0.0453 e. The Labute approximate surface area is 120 Å². The summed E-state index contributed by atoms with van der Waals surface area (Å²) in [6.45, 7) is 9.13. The molecule has 1 aliphatic rings. The topological polar surface area (TPSA) is 26.0 Å². The van der Waals surface area contributed by atoms with Crippen LogP contribution in [0.4, 0.5) is 0 Å². The number of nitrogens with two attached hydrogens (primary N) is 1. The molecule has 100 valence electrons. The smallest absolute Gasteiger partial charge is 0.0453 e. The molecule has 1 saturated carbocycles. The van der Waals surface area contributed by atoms with Crippen molar-refractivity contribution >= 4 is 23.2 Å². The van der Waals surface area contributed by atoms with Gasteiger partial charge in [-0.3, -0.25) is 0 Å². The van der Waals surface area contributed by atoms with E-state index in [4.69, 9.17) is 28.9 Å². The molecule has 1 nitrogen and oxygen atoms in total. The summed E-state index contributed by atoms with van der Waals surface area (Å²) in [6, 6.07) is 5.72. The van der Waals surface area contributed by atoms with Gasteiger partial charge in [0.1, 0.15) is 0 Å². The molecule has 1 unspecified atom stereocenters. The first-order valence-corrected chi connectivity index (χ1v) is 7.13. The summed E-state index contributed by atoms with van der Waals surface area (Å²) < 4.78 is 0. The lowest BCUT2D eigenvalue weighted by Crippen LogP contribution is -2.28. The van der Waals surface area contributed by atoms with Crippen LogP contribution in [-0.4, -0.2) is 6.04 Å². The third kappa shape index (κ3) is 2.07. The quantitative estimate of drug-likeness (QED) is 0.867. The third-order valence-electron chi connectivity index (χ3n) is 5.06. The lowest BCUT2D eigenvalue weighted by molar-refractivity contribution is 0.457. The number of halogens is 2. The van der Waals surface area contributed by atoms with Gasteiger partial charge < -0.3 is 5.73 Å². The van der Waals surface area contributed by atoms with Gasteiger partial charge in [0.05, 0.1) is 0 Å². The first-order chi connectivity index (χ1) is 8.19. The zero-order valence-corrected chi connectivity index (χ0v) is 12.9. The van der Waals surface area contributed by atoms with E-state index in [2.05, 4.69) is 27.7 Å². The summed E-state index contributed by atoms with van der Waals surface area (Å²) in [5, 5.41) is 1.43. The second kappa shape index (κ2) is 4.40. The van der Waals surface area contributed by atoms with Crippen molar-refractivity contribution in [3.8, 4) is 0 Å². The Hall–Kier alpha value is -0.240. The third-order valence-corrected chi connectivity index (χ3v) is 5.77. The summed E-state index contributed by atoms with van der Waals surface area (Å²) in [5.41, 5.74) is 7.94. The highest BCUT2D eigenvalue weighted by atomic mass is 35.5. The van der Waals surface area contributed by atoms with Gasteiger partial charge in [0, 0.05) is 16.1 Å². The van der Waals surface area contributed by atoms with Crippen LogP contribution in [0.5, 0.6) is 0 Å². The van der Waals surface area contributed by atoms with Crippen LogP contribution in [-0.2, 0) is 6.42 Å². The molecule has 18 heavy (non-hydrogen) atoms. The molecule has 1 aliphatic carbocycles. The summed E-state index contributed by atoms with van der Waals surface area (Å²) in [7, 11) is 0. The van der Waals surface area contributed by atoms with E-state index in [1.165, 1.54) is 0 Å². The Balaban J connectivity index is 2.17. The molecule has 2 rings (SSSR count). The lowest BCUT2D eigenvalue weighted by Gasteiger charge is -2.16. The molecule has 0 radical (unpaired) electrons. The molecule has 0 saturated heterocycles. The van der Waals surface area contributed by atoms with E-state index in [0.717, 1.165) is 12.0 Å². The van der Waals surface area contributed by atoms with Crippen molar-refractivity contribution in [1.29, 1.82) is 0 Å². The minimum absolute atomic E-state index is 0.104. The molecule has 1 aromatic carbocycles. The van der Waals surface area contributed by atoms with Gasteiger partial charge in [-0.05, 0) is 40.9 Å². The molecule has 3 heteroatoms. The zero-order chi connectivity index (χ0) is 13.7. The summed E-state index contributed by atoms with van der Waals surface area (Å²) in [5.74, 6) is 0.511. The van der Waals surface area contributed by atoms with Crippen molar-refractivity contribution in [2.24, 2.45) is 22.5 Å². The van der Waals surface area contributed by atoms with E-state index < -0.39 is 0 Å². The Morgan fingerprint density at radius 2 is 1.56 bits per heavy atom. The normalized spacial score (nSPS) is 22.8. The Kier molecular flexibility index (Phi) is 3.46. The van der Waals surface area contributed by atoms with E-state index in [-0.39, 0.29) is 6.04 Å². The van der Waals surface area contributed by atoms with Gasteiger partial charge in [0.25, 0.3) is 0 Å². The zero-order valence-electron chi connectivity index (χ0n) is 11.4. The summed E-state index contributed by atoms with van der Waals surface area (Å²) in [4.78, 5) is 0. The Morgan fingerprint density at radius 1 is 1.11 bits per heavy atom. The minimum atomic E-state index is 0.104. The second-order valence-electron chi connectivity index (χ2n) is 6.49. The van der Waals surface area contributed by atoms with Crippen molar-refractivity contribution in [3.63, 3.8) is 0 Å². The molecule has 0 heterocycles. The maximum absolute atomic E-state index is 6.38. The molecule has 0 aromatic heterocycles. The van der Waals surface area contributed by atoms with E-state index in [0.29, 0.717) is 26.8 Å².